The molecular formula is C6H12O. The number of hydrogen-bond donors (Lipinski definition) is 0. The summed E-state index contributed by atoms with van der Waals surface area (Å²) in [6, 6.07) is 0. The van der Waals surface area contributed by atoms with E-state index in [2.05, 4.69) is 0 Å². The summed E-state index contributed by atoms with van der Waals surface area (Å²) in [6.45, 7) is 2.69. The zero-order valence-corrected chi connectivity index (χ0v) is 4.49. The van der Waals surface area contributed by atoms with Gasteiger partial charge in [0.2, 0.25) is 0 Å². The molecule has 7 heavy (non-hydrogen) atoms. The van der Waals surface area contributed by atoms with E-state index < -0.39 is 24.9 Å². The van der Waals surface area contributed by atoms with E-state index in [4.69, 9.17) is 11.6 Å². The molecule has 0 saturated carbocycles. The second-order valence-corrected chi connectivity index (χ2v) is 1.59. The SMILES string of the molecule is [2H]C1(C)OC(C)C([2H])([2H])C1([2H])[2H]. The fourth-order valence-corrected chi connectivity index (χ4v) is 0.527. The van der Waals surface area contributed by atoms with Crippen molar-refractivity contribution in [2.24, 2.45) is 0 Å². The highest BCUT2D eigenvalue weighted by Crippen LogP contribution is 2.17. The van der Waals surface area contributed by atoms with E-state index in [0.29, 0.717) is 0 Å². The largest absolute Gasteiger partial charge is 0.376 e. The fraction of sp³-hybridized carbons (Fsp3) is 1.00. The quantitative estimate of drug-likeness (QED) is 0.454. The van der Waals surface area contributed by atoms with E-state index in [1.165, 1.54) is 13.8 Å². The van der Waals surface area contributed by atoms with Crippen molar-refractivity contribution in [3.8, 4) is 0 Å². The van der Waals surface area contributed by atoms with Gasteiger partial charge in [-0.25, -0.2) is 0 Å². The molecule has 1 saturated heterocycles. The third-order valence-corrected chi connectivity index (χ3v) is 0.805. The van der Waals surface area contributed by atoms with Crippen molar-refractivity contribution in [1.82, 2.24) is 0 Å². The van der Waals surface area contributed by atoms with Crippen LogP contribution in [0, 0.1) is 0 Å². The molecule has 1 heteroatoms. The predicted molar refractivity (Wildman–Crippen MR) is 29.2 cm³/mol. The summed E-state index contributed by atoms with van der Waals surface area (Å²) in [4.78, 5) is 0. The van der Waals surface area contributed by atoms with Crippen LogP contribution in [0.15, 0.2) is 0 Å². The molecule has 1 fully saturated rings. The number of hydrogen-bond acceptors (Lipinski definition) is 1. The maximum Gasteiger partial charge on any atom is 0.0600 e. The Morgan fingerprint density at radius 1 is 1.71 bits per heavy atom. The maximum atomic E-state index is 7.44. The standard InChI is InChI=1S/C6H12O/c1-5-3-4-6(2)7-5/h5-6H,3-4H2,1-2H3/i3D2,4D2,5D. The van der Waals surface area contributed by atoms with Crippen molar-refractivity contribution in [1.29, 1.82) is 0 Å². The van der Waals surface area contributed by atoms with Crippen molar-refractivity contribution < 1.29 is 11.6 Å². The van der Waals surface area contributed by atoms with Crippen LogP contribution in [0.25, 0.3) is 0 Å². The van der Waals surface area contributed by atoms with Gasteiger partial charge in [-0.15, -0.1) is 0 Å². The highest BCUT2D eigenvalue weighted by atomic mass is 16.5. The van der Waals surface area contributed by atoms with Gasteiger partial charge in [-0.3, -0.25) is 0 Å². The normalized spacial score (nSPS) is 77.4. The van der Waals surface area contributed by atoms with Gasteiger partial charge in [0, 0.05) is 5.48 Å². The smallest absolute Gasteiger partial charge is 0.0600 e. The molecule has 0 aliphatic carbocycles. The van der Waals surface area contributed by atoms with E-state index in [0.717, 1.165) is 0 Å². The van der Waals surface area contributed by atoms with Gasteiger partial charge in [0.15, 0.2) is 0 Å². The molecule has 1 rings (SSSR count). The molecule has 0 bridgehead atoms. The van der Waals surface area contributed by atoms with Crippen molar-refractivity contribution in [3.63, 3.8) is 0 Å². The first-order valence-corrected chi connectivity index (χ1v) is 2.31. The highest BCUT2D eigenvalue weighted by molar-refractivity contribution is 4.64. The summed E-state index contributed by atoms with van der Waals surface area (Å²) >= 11 is 0. The van der Waals surface area contributed by atoms with E-state index in [1.807, 2.05) is 0 Å². The fourth-order valence-electron chi connectivity index (χ4n) is 0.527. The summed E-state index contributed by atoms with van der Waals surface area (Å²) in [5.41, 5.74) is 0. The Kier molecular flexibility index (Phi) is 0.451. The van der Waals surface area contributed by atoms with Crippen LogP contribution in [0.4, 0.5) is 0 Å². The average molecular weight is 105 g/mol. The summed E-state index contributed by atoms with van der Waals surface area (Å²) in [6.07, 6.45) is -7.03. The van der Waals surface area contributed by atoms with Crippen molar-refractivity contribution >= 4 is 0 Å². The summed E-state index contributed by atoms with van der Waals surface area (Å²) in [5.74, 6) is 0. The molecule has 1 nitrogen and oxygen atoms in total. The van der Waals surface area contributed by atoms with Crippen LogP contribution in [0.2, 0.25) is 0 Å². The van der Waals surface area contributed by atoms with E-state index in [1.54, 1.807) is 0 Å². The van der Waals surface area contributed by atoms with Gasteiger partial charge in [-0.2, -0.15) is 0 Å². The Bertz CT molecular complexity index is 200. The molecule has 1 aliphatic rings. The lowest BCUT2D eigenvalue weighted by Crippen LogP contribution is -2.01. The molecule has 1 heterocycles. The predicted octanol–water partition coefficient (Wildman–Crippen LogP) is 1.57. The first kappa shape index (κ1) is 1.73. The third kappa shape index (κ3) is 1.16. The zero-order valence-electron chi connectivity index (χ0n) is 9.49. The monoisotopic (exact) mass is 105 g/mol. The lowest BCUT2D eigenvalue weighted by Gasteiger charge is -2.01. The Labute approximate surface area is 51.7 Å². The molecule has 0 aromatic carbocycles. The number of ether oxygens (including phenoxy) is 1. The summed E-state index contributed by atoms with van der Waals surface area (Å²) in [5, 5.41) is 0. The molecule has 0 N–H and O–H groups in total. The second kappa shape index (κ2) is 1.83. The first-order chi connectivity index (χ1) is 5.13. The molecule has 42 valence electrons. The highest BCUT2D eigenvalue weighted by Gasteiger charge is 2.16. The molecule has 2 unspecified atom stereocenters. The number of rotatable bonds is 0. The molecule has 0 spiro atoms. The first-order valence-electron chi connectivity index (χ1n) is 4.81. The molecule has 0 amide bonds. The molecule has 1 aliphatic heterocycles. The average Bonchev–Trinajstić information content (AvgIpc) is 1.92. The third-order valence-electron chi connectivity index (χ3n) is 0.805. The van der Waals surface area contributed by atoms with Gasteiger partial charge in [-0.1, -0.05) is 0 Å². The van der Waals surface area contributed by atoms with Gasteiger partial charge in [-0.05, 0) is 26.6 Å². The minimum Gasteiger partial charge on any atom is -0.376 e. The van der Waals surface area contributed by atoms with Crippen LogP contribution in [0.1, 0.15) is 33.4 Å². The summed E-state index contributed by atoms with van der Waals surface area (Å²) in [7, 11) is 0. The lowest BCUT2D eigenvalue weighted by molar-refractivity contribution is 0.0673. The Morgan fingerprint density at radius 3 is 2.57 bits per heavy atom. The summed E-state index contributed by atoms with van der Waals surface area (Å²) < 4.78 is 41.9. The minimum atomic E-state index is -2.26. The van der Waals surface area contributed by atoms with Crippen molar-refractivity contribution in [3.05, 3.63) is 0 Å². The molecule has 0 radical (unpaired) electrons. The minimum absolute atomic E-state index is 0.880. The van der Waals surface area contributed by atoms with Gasteiger partial charge in [0.05, 0.1) is 13.6 Å². The van der Waals surface area contributed by atoms with Crippen LogP contribution in [-0.2, 0) is 4.74 Å². The van der Waals surface area contributed by atoms with E-state index in [9.17, 15) is 0 Å². The van der Waals surface area contributed by atoms with Gasteiger partial charge < -0.3 is 4.74 Å². The molecule has 2 atom stereocenters. The maximum absolute atomic E-state index is 7.44. The molecular weight excluding hydrogens is 88.1 g/mol. The van der Waals surface area contributed by atoms with Crippen LogP contribution in [0.3, 0.4) is 0 Å². The Balaban J connectivity index is 3.10. The van der Waals surface area contributed by atoms with Crippen LogP contribution in [0.5, 0.6) is 0 Å². The van der Waals surface area contributed by atoms with Crippen molar-refractivity contribution in [2.45, 2.75) is 38.8 Å². The molecule has 0 aromatic rings. The van der Waals surface area contributed by atoms with Crippen molar-refractivity contribution in [2.75, 3.05) is 0 Å². The van der Waals surface area contributed by atoms with Crippen LogP contribution in [-0.4, -0.2) is 12.2 Å². The zero-order chi connectivity index (χ0) is 9.78. The van der Waals surface area contributed by atoms with Gasteiger partial charge in [0.25, 0.3) is 0 Å². The van der Waals surface area contributed by atoms with Crippen LogP contribution < -0.4 is 0 Å². The lowest BCUT2D eigenvalue weighted by atomic mass is 10.2. The topological polar surface area (TPSA) is 9.23 Å². The van der Waals surface area contributed by atoms with Gasteiger partial charge in [0.1, 0.15) is 0 Å². The molecule has 0 aromatic heterocycles. The van der Waals surface area contributed by atoms with E-state index in [-0.39, 0.29) is 0 Å². The van der Waals surface area contributed by atoms with E-state index >= 15 is 0 Å². The Morgan fingerprint density at radius 2 is 2.43 bits per heavy atom. The second-order valence-electron chi connectivity index (χ2n) is 1.59. The van der Waals surface area contributed by atoms with Crippen LogP contribution >= 0.6 is 0 Å². The van der Waals surface area contributed by atoms with Gasteiger partial charge >= 0.3 is 0 Å². The Hall–Kier alpha value is -0.0400.